The summed E-state index contributed by atoms with van der Waals surface area (Å²) < 4.78 is 7.05. The van der Waals surface area contributed by atoms with Crippen LogP contribution < -0.4 is 10.2 Å². The smallest absolute Gasteiger partial charge is 0.294 e. The first-order valence-electron chi connectivity index (χ1n) is 8.75. The Labute approximate surface area is 151 Å². The maximum Gasteiger partial charge on any atom is 0.294 e. The van der Waals surface area contributed by atoms with Crippen molar-refractivity contribution < 1.29 is 9.32 Å². The van der Waals surface area contributed by atoms with E-state index in [0.29, 0.717) is 5.69 Å². The molecule has 26 heavy (non-hydrogen) atoms. The molecule has 1 aliphatic heterocycles. The zero-order valence-electron chi connectivity index (χ0n) is 14.9. The Kier molecular flexibility index (Phi) is 4.20. The van der Waals surface area contributed by atoms with E-state index < -0.39 is 0 Å². The van der Waals surface area contributed by atoms with Crippen LogP contribution in [0.5, 0.6) is 0 Å². The van der Waals surface area contributed by atoms with Crippen molar-refractivity contribution in [3.63, 3.8) is 0 Å². The quantitative estimate of drug-likeness (QED) is 0.781. The zero-order valence-corrected chi connectivity index (χ0v) is 14.9. The summed E-state index contributed by atoms with van der Waals surface area (Å²) in [6.45, 7) is 3.86. The lowest BCUT2D eigenvalue weighted by molar-refractivity contribution is 0.0988. The molecule has 0 atom stereocenters. The Bertz CT molecular complexity index is 923. The van der Waals surface area contributed by atoms with Crippen molar-refractivity contribution in [1.29, 1.82) is 0 Å². The van der Waals surface area contributed by atoms with Crippen LogP contribution >= 0.6 is 0 Å². The van der Waals surface area contributed by atoms with Gasteiger partial charge in [-0.05, 0) is 19.8 Å². The summed E-state index contributed by atoms with van der Waals surface area (Å²) in [6.07, 6.45) is 2.29. The number of carbonyl (C=O) groups is 1. The normalized spacial score (nSPS) is 14.0. The second-order valence-electron chi connectivity index (χ2n) is 6.50. The summed E-state index contributed by atoms with van der Waals surface area (Å²) in [5, 5.41) is 11.5. The molecule has 1 N–H and O–H groups in total. The lowest BCUT2D eigenvalue weighted by atomic mass is 10.1. The minimum atomic E-state index is -0.323. The van der Waals surface area contributed by atoms with E-state index in [0.717, 1.165) is 48.7 Å². The maximum atomic E-state index is 12.7. The molecule has 7 nitrogen and oxygen atoms in total. The standard InChI is InChI=1S/C19H21N5O2/c1-13-17(18(21-23(13)2)24-10-6-7-11-24)20-19(25)16-12-15(22-26-16)14-8-4-3-5-9-14/h3-5,8-9,12H,6-7,10-11H2,1-2H3,(H,20,25). The lowest BCUT2D eigenvalue weighted by Crippen LogP contribution is -2.21. The van der Waals surface area contributed by atoms with Crippen LogP contribution in [0.1, 0.15) is 29.1 Å². The highest BCUT2D eigenvalue weighted by atomic mass is 16.5. The Balaban J connectivity index is 1.58. The van der Waals surface area contributed by atoms with Gasteiger partial charge in [-0.25, -0.2) is 0 Å². The lowest BCUT2D eigenvalue weighted by Gasteiger charge is -2.16. The summed E-state index contributed by atoms with van der Waals surface area (Å²) in [5.74, 6) is 0.675. The molecule has 0 spiro atoms. The van der Waals surface area contributed by atoms with Gasteiger partial charge in [0.25, 0.3) is 5.91 Å². The van der Waals surface area contributed by atoms with Gasteiger partial charge in [0.15, 0.2) is 5.82 Å². The van der Waals surface area contributed by atoms with Gasteiger partial charge in [-0.3, -0.25) is 9.48 Å². The van der Waals surface area contributed by atoms with Crippen LogP contribution in [-0.2, 0) is 7.05 Å². The van der Waals surface area contributed by atoms with E-state index in [1.165, 1.54) is 0 Å². The molecule has 0 bridgehead atoms. The predicted molar refractivity (Wildman–Crippen MR) is 99.3 cm³/mol. The molecule has 7 heteroatoms. The highest BCUT2D eigenvalue weighted by Gasteiger charge is 2.24. The van der Waals surface area contributed by atoms with Gasteiger partial charge in [-0.1, -0.05) is 35.5 Å². The number of amides is 1. The highest BCUT2D eigenvalue weighted by molar-refractivity contribution is 6.04. The zero-order chi connectivity index (χ0) is 18.1. The van der Waals surface area contributed by atoms with Crippen LogP contribution in [0.2, 0.25) is 0 Å². The number of benzene rings is 1. The maximum absolute atomic E-state index is 12.7. The average molecular weight is 351 g/mol. The topological polar surface area (TPSA) is 76.2 Å². The monoisotopic (exact) mass is 351 g/mol. The van der Waals surface area contributed by atoms with Crippen molar-refractivity contribution >= 4 is 17.4 Å². The summed E-state index contributed by atoms with van der Waals surface area (Å²) in [5.41, 5.74) is 3.18. The first kappa shape index (κ1) is 16.4. The van der Waals surface area contributed by atoms with Crippen LogP contribution in [0.25, 0.3) is 11.3 Å². The molecule has 1 amide bonds. The van der Waals surface area contributed by atoms with Gasteiger partial charge >= 0.3 is 0 Å². The molecule has 0 aliphatic carbocycles. The Morgan fingerprint density at radius 3 is 2.65 bits per heavy atom. The van der Waals surface area contributed by atoms with Gasteiger partial charge in [-0.15, -0.1) is 0 Å². The molecule has 1 fully saturated rings. The predicted octanol–water partition coefficient (Wildman–Crippen LogP) is 3.24. The first-order valence-corrected chi connectivity index (χ1v) is 8.75. The number of hydrogen-bond acceptors (Lipinski definition) is 5. The Morgan fingerprint density at radius 1 is 1.19 bits per heavy atom. The fourth-order valence-electron chi connectivity index (χ4n) is 3.19. The molecule has 3 aromatic rings. The number of hydrogen-bond donors (Lipinski definition) is 1. The van der Waals surface area contributed by atoms with Crippen LogP contribution in [-0.4, -0.2) is 33.9 Å². The van der Waals surface area contributed by atoms with Crippen molar-refractivity contribution in [2.75, 3.05) is 23.3 Å². The van der Waals surface area contributed by atoms with Crippen molar-refractivity contribution in [3.8, 4) is 11.3 Å². The number of nitrogens with one attached hydrogen (secondary N) is 1. The summed E-state index contributed by atoms with van der Waals surface area (Å²) in [6, 6.07) is 11.3. The summed E-state index contributed by atoms with van der Waals surface area (Å²) >= 11 is 0. The molecule has 134 valence electrons. The van der Waals surface area contributed by atoms with E-state index in [2.05, 4.69) is 20.5 Å². The van der Waals surface area contributed by atoms with E-state index in [4.69, 9.17) is 4.52 Å². The fraction of sp³-hybridized carbons (Fsp3) is 0.316. The van der Waals surface area contributed by atoms with Crippen LogP contribution in [0.15, 0.2) is 40.9 Å². The second-order valence-corrected chi connectivity index (χ2v) is 6.50. The minimum Gasteiger partial charge on any atom is -0.353 e. The molecule has 0 unspecified atom stereocenters. The third-order valence-electron chi connectivity index (χ3n) is 4.76. The summed E-state index contributed by atoms with van der Waals surface area (Å²) in [7, 11) is 1.88. The van der Waals surface area contributed by atoms with E-state index in [-0.39, 0.29) is 11.7 Å². The number of rotatable bonds is 4. The molecule has 4 rings (SSSR count). The third kappa shape index (κ3) is 2.96. The Morgan fingerprint density at radius 2 is 1.92 bits per heavy atom. The number of aryl methyl sites for hydroxylation is 1. The van der Waals surface area contributed by atoms with Crippen LogP contribution in [0, 0.1) is 6.92 Å². The molecule has 0 radical (unpaired) electrons. The molecule has 1 aromatic carbocycles. The molecule has 3 heterocycles. The molecule has 1 saturated heterocycles. The number of carbonyl (C=O) groups excluding carboxylic acids is 1. The number of anilines is 2. The first-order chi connectivity index (χ1) is 12.6. The largest absolute Gasteiger partial charge is 0.353 e. The van der Waals surface area contributed by atoms with E-state index in [1.54, 1.807) is 10.7 Å². The highest BCUT2D eigenvalue weighted by Crippen LogP contribution is 2.31. The number of aromatic nitrogens is 3. The van der Waals surface area contributed by atoms with Gasteiger partial charge in [0.05, 0.1) is 5.69 Å². The molecule has 1 aliphatic rings. The van der Waals surface area contributed by atoms with Crippen molar-refractivity contribution in [3.05, 3.63) is 47.9 Å². The van der Waals surface area contributed by atoms with Gasteiger partial charge in [0, 0.05) is 31.8 Å². The average Bonchev–Trinajstić information content (AvgIpc) is 3.40. The molecular weight excluding hydrogens is 330 g/mol. The fourth-order valence-corrected chi connectivity index (χ4v) is 3.19. The van der Waals surface area contributed by atoms with E-state index in [9.17, 15) is 4.79 Å². The Hall–Kier alpha value is -3.09. The SMILES string of the molecule is Cc1c(NC(=O)c2cc(-c3ccccc3)no2)c(N2CCCC2)nn1C. The van der Waals surface area contributed by atoms with Gasteiger partial charge in [0.1, 0.15) is 11.4 Å². The second kappa shape index (κ2) is 6.67. The third-order valence-corrected chi connectivity index (χ3v) is 4.76. The van der Waals surface area contributed by atoms with Crippen LogP contribution in [0.4, 0.5) is 11.5 Å². The van der Waals surface area contributed by atoms with E-state index in [1.807, 2.05) is 44.3 Å². The van der Waals surface area contributed by atoms with Crippen molar-refractivity contribution in [2.24, 2.45) is 7.05 Å². The number of nitrogens with zero attached hydrogens (tertiary/aromatic N) is 4. The summed E-state index contributed by atoms with van der Waals surface area (Å²) in [4.78, 5) is 14.9. The molecule has 2 aromatic heterocycles. The van der Waals surface area contributed by atoms with E-state index >= 15 is 0 Å². The molecule has 0 saturated carbocycles. The molecular formula is C19H21N5O2. The van der Waals surface area contributed by atoms with Gasteiger partial charge in [0.2, 0.25) is 5.76 Å². The van der Waals surface area contributed by atoms with Crippen LogP contribution in [0.3, 0.4) is 0 Å². The van der Waals surface area contributed by atoms with Crippen molar-refractivity contribution in [1.82, 2.24) is 14.9 Å². The van der Waals surface area contributed by atoms with Gasteiger partial charge in [-0.2, -0.15) is 5.10 Å². The van der Waals surface area contributed by atoms with Crippen molar-refractivity contribution in [2.45, 2.75) is 19.8 Å². The van der Waals surface area contributed by atoms with Gasteiger partial charge < -0.3 is 14.7 Å². The minimum absolute atomic E-state index is 0.180.